The van der Waals surface area contributed by atoms with Crippen LogP contribution >= 0.6 is 0 Å². The van der Waals surface area contributed by atoms with Crippen LogP contribution in [-0.4, -0.2) is 96.6 Å². The summed E-state index contributed by atoms with van der Waals surface area (Å²) < 4.78 is 10.1. The smallest absolute Gasteiger partial charge is 0.348 e. The quantitative estimate of drug-likeness (QED) is 0.567. The van der Waals surface area contributed by atoms with E-state index in [1.807, 2.05) is 0 Å². The first-order chi connectivity index (χ1) is 15.7. The number of aliphatic carboxylic acids is 1. The molecule has 2 atom stereocenters. The van der Waals surface area contributed by atoms with Crippen LogP contribution < -0.4 is 4.90 Å². The monoisotopic (exact) mass is 461 g/mol. The van der Waals surface area contributed by atoms with Crippen LogP contribution in [0.4, 0.5) is 5.69 Å². The standard InChI is InChI=1S/C22H27N3O8/c1-14(26)33-19(22(30)31)18-21(29)25(10-11-32-18)16-7-5-6-15(12-16)20(28)23(2)13-17(27)24-8-3-4-9-24/h5-7,12,18-19H,3-4,8-11,13H2,1-2H3,(H,30,31). The number of benzene rings is 1. The van der Waals surface area contributed by atoms with E-state index in [0.29, 0.717) is 18.8 Å². The molecule has 3 amide bonds. The molecule has 2 aliphatic heterocycles. The van der Waals surface area contributed by atoms with Crippen LogP contribution in [0.2, 0.25) is 0 Å². The molecule has 2 fully saturated rings. The number of anilines is 1. The molecule has 1 aromatic rings. The second-order valence-electron chi connectivity index (χ2n) is 7.95. The summed E-state index contributed by atoms with van der Waals surface area (Å²) in [6.45, 7) is 2.53. The number of ether oxygens (including phenoxy) is 2. The van der Waals surface area contributed by atoms with E-state index in [2.05, 4.69) is 0 Å². The molecule has 11 nitrogen and oxygen atoms in total. The fourth-order valence-electron chi connectivity index (χ4n) is 3.87. The Labute approximate surface area is 190 Å². The summed E-state index contributed by atoms with van der Waals surface area (Å²) in [5.74, 6) is -3.55. The Morgan fingerprint density at radius 1 is 1.21 bits per heavy atom. The first-order valence-corrected chi connectivity index (χ1v) is 10.7. The summed E-state index contributed by atoms with van der Waals surface area (Å²) >= 11 is 0. The van der Waals surface area contributed by atoms with E-state index in [1.54, 1.807) is 23.1 Å². The van der Waals surface area contributed by atoms with Gasteiger partial charge in [-0.3, -0.25) is 19.2 Å². The molecule has 0 spiro atoms. The number of likely N-dealkylation sites (tertiary alicyclic amines) is 1. The molecule has 0 saturated carbocycles. The third kappa shape index (κ3) is 5.67. The van der Waals surface area contributed by atoms with Gasteiger partial charge in [0.15, 0.2) is 6.10 Å². The molecular weight excluding hydrogens is 434 g/mol. The number of amides is 3. The predicted octanol–water partition coefficient (Wildman–Crippen LogP) is 0.129. The second-order valence-corrected chi connectivity index (χ2v) is 7.95. The van der Waals surface area contributed by atoms with E-state index < -0.39 is 30.1 Å². The van der Waals surface area contributed by atoms with Crippen LogP contribution in [0.15, 0.2) is 24.3 Å². The van der Waals surface area contributed by atoms with Gasteiger partial charge >= 0.3 is 11.9 Å². The first-order valence-electron chi connectivity index (χ1n) is 10.7. The largest absolute Gasteiger partial charge is 0.478 e. The zero-order chi connectivity index (χ0) is 24.1. The maximum atomic E-state index is 13.0. The zero-order valence-electron chi connectivity index (χ0n) is 18.6. The lowest BCUT2D eigenvalue weighted by Gasteiger charge is -2.34. The van der Waals surface area contributed by atoms with Crippen LogP contribution in [0, 0.1) is 0 Å². The van der Waals surface area contributed by atoms with Crippen LogP contribution in [0.5, 0.6) is 0 Å². The fourth-order valence-corrected chi connectivity index (χ4v) is 3.87. The Morgan fingerprint density at radius 2 is 1.91 bits per heavy atom. The number of likely N-dealkylation sites (N-methyl/N-ethyl adjacent to an activating group) is 1. The van der Waals surface area contributed by atoms with Gasteiger partial charge in [-0.2, -0.15) is 0 Å². The van der Waals surface area contributed by atoms with Gasteiger partial charge in [0.2, 0.25) is 12.0 Å². The van der Waals surface area contributed by atoms with E-state index in [4.69, 9.17) is 9.47 Å². The highest BCUT2D eigenvalue weighted by Crippen LogP contribution is 2.23. The molecule has 2 unspecified atom stereocenters. The number of carboxylic acids is 1. The number of carbonyl (C=O) groups is 5. The lowest BCUT2D eigenvalue weighted by atomic mass is 10.1. The minimum Gasteiger partial charge on any atom is -0.478 e. The molecule has 11 heteroatoms. The van der Waals surface area contributed by atoms with Gasteiger partial charge < -0.3 is 29.3 Å². The van der Waals surface area contributed by atoms with E-state index in [1.165, 1.54) is 22.9 Å². The average molecular weight is 461 g/mol. The van der Waals surface area contributed by atoms with Crippen LogP contribution in [0.3, 0.4) is 0 Å². The van der Waals surface area contributed by atoms with Gasteiger partial charge in [-0.15, -0.1) is 0 Å². The van der Waals surface area contributed by atoms with Crippen LogP contribution in [0.1, 0.15) is 30.1 Å². The Hall–Kier alpha value is -3.47. The van der Waals surface area contributed by atoms with Gasteiger partial charge in [-0.25, -0.2) is 4.79 Å². The third-order valence-corrected chi connectivity index (χ3v) is 5.52. The summed E-state index contributed by atoms with van der Waals surface area (Å²) in [4.78, 5) is 65.3. The third-order valence-electron chi connectivity index (χ3n) is 5.52. The Morgan fingerprint density at radius 3 is 2.55 bits per heavy atom. The second kappa shape index (κ2) is 10.4. The number of hydrogen-bond acceptors (Lipinski definition) is 7. The maximum absolute atomic E-state index is 13.0. The van der Waals surface area contributed by atoms with E-state index in [0.717, 1.165) is 19.8 Å². The average Bonchev–Trinajstić information content (AvgIpc) is 3.32. The van der Waals surface area contributed by atoms with Gasteiger partial charge in [-0.1, -0.05) is 6.07 Å². The summed E-state index contributed by atoms with van der Waals surface area (Å²) in [7, 11) is 1.54. The Kier molecular flexibility index (Phi) is 7.64. The van der Waals surface area contributed by atoms with Crippen molar-refractivity contribution in [1.29, 1.82) is 0 Å². The topological polar surface area (TPSA) is 134 Å². The van der Waals surface area contributed by atoms with Crippen molar-refractivity contribution in [2.75, 3.05) is 44.7 Å². The highest BCUT2D eigenvalue weighted by atomic mass is 16.6. The van der Waals surface area contributed by atoms with E-state index >= 15 is 0 Å². The van der Waals surface area contributed by atoms with Crippen molar-refractivity contribution in [3.8, 4) is 0 Å². The minimum atomic E-state index is -1.79. The van der Waals surface area contributed by atoms with Crippen LogP contribution in [-0.2, 0) is 28.7 Å². The fraction of sp³-hybridized carbons (Fsp3) is 0.500. The summed E-state index contributed by atoms with van der Waals surface area (Å²) in [5.41, 5.74) is 0.639. The molecule has 0 aromatic heterocycles. The number of carboxylic acid groups (broad SMARTS) is 1. The zero-order valence-corrected chi connectivity index (χ0v) is 18.6. The molecule has 2 heterocycles. The molecule has 0 radical (unpaired) electrons. The molecule has 1 N–H and O–H groups in total. The lowest BCUT2D eigenvalue weighted by Crippen LogP contribution is -2.55. The van der Waals surface area contributed by atoms with Crippen molar-refractivity contribution in [3.63, 3.8) is 0 Å². The number of rotatable bonds is 7. The maximum Gasteiger partial charge on any atom is 0.348 e. The van der Waals surface area contributed by atoms with E-state index in [-0.39, 0.29) is 37.1 Å². The molecular formula is C22H27N3O8. The highest BCUT2D eigenvalue weighted by molar-refractivity contribution is 6.02. The van der Waals surface area contributed by atoms with Gasteiger partial charge in [-0.05, 0) is 31.0 Å². The van der Waals surface area contributed by atoms with Crippen molar-refractivity contribution in [2.45, 2.75) is 32.0 Å². The molecule has 3 rings (SSSR count). The predicted molar refractivity (Wildman–Crippen MR) is 114 cm³/mol. The van der Waals surface area contributed by atoms with Gasteiger partial charge in [0, 0.05) is 44.9 Å². The van der Waals surface area contributed by atoms with Crippen LogP contribution in [0.25, 0.3) is 0 Å². The molecule has 178 valence electrons. The summed E-state index contributed by atoms with van der Waals surface area (Å²) in [5, 5.41) is 9.37. The molecule has 2 saturated heterocycles. The highest BCUT2D eigenvalue weighted by Gasteiger charge is 2.42. The van der Waals surface area contributed by atoms with Gasteiger partial charge in [0.1, 0.15) is 0 Å². The lowest BCUT2D eigenvalue weighted by molar-refractivity contribution is -0.177. The van der Waals surface area contributed by atoms with Crippen molar-refractivity contribution in [2.24, 2.45) is 0 Å². The summed E-state index contributed by atoms with van der Waals surface area (Å²) in [6, 6.07) is 6.27. The summed E-state index contributed by atoms with van der Waals surface area (Å²) in [6.07, 6.45) is -1.38. The molecule has 2 aliphatic rings. The van der Waals surface area contributed by atoms with Crippen molar-refractivity contribution < 1.29 is 38.6 Å². The van der Waals surface area contributed by atoms with Crippen molar-refractivity contribution >= 4 is 35.3 Å². The molecule has 33 heavy (non-hydrogen) atoms. The normalized spacial score (nSPS) is 19.2. The minimum absolute atomic E-state index is 0.0177. The first kappa shape index (κ1) is 24.2. The number of nitrogens with zero attached hydrogens (tertiary/aromatic N) is 3. The van der Waals surface area contributed by atoms with Crippen molar-refractivity contribution in [3.05, 3.63) is 29.8 Å². The van der Waals surface area contributed by atoms with E-state index in [9.17, 15) is 29.1 Å². The number of esters is 1. The van der Waals surface area contributed by atoms with Gasteiger partial charge in [0.05, 0.1) is 13.2 Å². The molecule has 0 bridgehead atoms. The van der Waals surface area contributed by atoms with Gasteiger partial charge in [0.25, 0.3) is 11.8 Å². The molecule has 1 aromatic carbocycles. The number of hydrogen-bond donors (Lipinski definition) is 1. The number of morpholine rings is 1. The Bertz CT molecular complexity index is 943. The SMILES string of the molecule is CC(=O)OC(C(=O)O)C1OCCN(c2cccc(C(=O)N(C)CC(=O)N3CCCC3)c2)C1=O. The molecule has 0 aliphatic carbocycles. The Balaban J connectivity index is 1.74. The van der Waals surface area contributed by atoms with Crippen molar-refractivity contribution in [1.82, 2.24) is 9.80 Å². The number of carbonyl (C=O) groups excluding carboxylic acids is 4.